The van der Waals surface area contributed by atoms with Crippen LogP contribution in [0.2, 0.25) is 0 Å². The summed E-state index contributed by atoms with van der Waals surface area (Å²) in [5.41, 5.74) is 1.28. The number of nitro groups is 1. The van der Waals surface area contributed by atoms with Gasteiger partial charge in [0.15, 0.2) is 0 Å². The minimum Gasteiger partial charge on any atom is -0.489 e. The number of benzene rings is 3. The van der Waals surface area contributed by atoms with Crippen LogP contribution in [0.1, 0.15) is 16.7 Å². The van der Waals surface area contributed by atoms with Crippen molar-refractivity contribution in [3.05, 3.63) is 110 Å². The standard InChI is InChI=1S/C24H17FN2O5S/c25-20-10-3-1-7-17(20)14-26-23(28)22(33-24(26)29)13-16-6-5-9-19(12-16)32-15-18-8-2-4-11-21(18)27(30)31/h1-13H,14-15H2/b22-13-. The van der Waals surface area contributed by atoms with Crippen LogP contribution in [0.4, 0.5) is 14.9 Å². The highest BCUT2D eigenvalue weighted by Gasteiger charge is 2.35. The van der Waals surface area contributed by atoms with Crippen LogP contribution in [0.25, 0.3) is 6.08 Å². The summed E-state index contributed by atoms with van der Waals surface area (Å²) >= 11 is 0.783. The van der Waals surface area contributed by atoms with Crippen molar-refractivity contribution in [3.63, 3.8) is 0 Å². The average Bonchev–Trinajstić information content (AvgIpc) is 3.06. The molecule has 0 radical (unpaired) electrons. The summed E-state index contributed by atoms with van der Waals surface area (Å²) in [6.45, 7) is -0.145. The SMILES string of the molecule is O=C1S/C(=C\c2cccc(OCc3ccccc3[N+](=O)[O-])c2)C(=O)N1Cc1ccccc1F. The van der Waals surface area contributed by atoms with Crippen molar-refractivity contribution in [1.29, 1.82) is 0 Å². The van der Waals surface area contributed by atoms with Gasteiger partial charge >= 0.3 is 0 Å². The molecule has 0 unspecified atom stereocenters. The number of para-hydroxylation sites is 1. The van der Waals surface area contributed by atoms with E-state index in [-0.39, 0.29) is 29.3 Å². The number of thioether (sulfide) groups is 1. The highest BCUT2D eigenvalue weighted by Crippen LogP contribution is 2.34. The van der Waals surface area contributed by atoms with Crippen LogP contribution < -0.4 is 4.74 Å². The molecule has 166 valence electrons. The van der Waals surface area contributed by atoms with E-state index >= 15 is 0 Å². The van der Waals surface area contributed by atoms with Gasteiger partial charge in [-0.25, -0.2) is 4.39 Å². The van der Waals surface area contributed by atoms with Gasteiger partial charge < -0.3 is 4.74 Å². The van der Waals surface area contributed by atoms with Gasteiger partial charge in [-0.2, -0.15) is 0 Å². The molecule has 4 rings (SSSR count). The van der Waals surface area contributed by atoms with E-state index < -0.39 is 21.9 Å². The molecular weight excluding hydrogens is 447 g/mol. The fourth-order valence-corrected chi connectivity index (χ4v) is 4.09. The second-order valence-corrected chi connectivity index (χ2v) is 8.10. The minimum atomic E-state index is -0.500. The van der Waals surface area contributed by atoms with Crippen molar-refractivity contribution in [2.75, 3.05) is 0 Å². The van der Waals surface area contributed by atoms with E-state index in [0.29, 0.717) is 16.9 Å². The van der Waals surface area contributed by atoms with E-state index in [9.17, 15) is 24.1 Å². The van der Waals surface area contributed by atoms with Gasteiger partial charge in [0, 0.05) is 11.6 Å². The highest BCUT2D eigenvalue weighted by molar-refractivity contribution is 8.18. The van der Waals surface area contributed by atoms with Gasteiger partial charge in [-0.3, -0.25) is 24.6 Å². The second kappa shape index (κ2) is 9.66. The van der Waals surface area contributed by atoms with Gasteiger partial charge in [0.05, 0.1) is 21.9 Å². The predicted octanol–water partition coefficient (Wildman–Crippen LogP) is 5.55. The van der Waals surface area contributed by atoms with Crippen molar-refractivity contribution >= 4 is 34.7 Å². The summed E-state index contributed by atoms with van der Waals surface area (Å²) < 4.78 is 19.6. The van der Waals surface area contributed by atoms with Gasteiger partial charge in [0.2, 0.25) is 0 Å². The Kier molecular flexibility index (Phi) is 6.50. The quantitative estimate of drug-likeness (QED) is 0.259. The maximum absolute atomic E-state index is 13.9. The Hall–Kier alpha value is -3.98. The van der Waals surface area contributed by atoms with Crippen LogP contribution in [0.5, 0.6) is 5.75 Å². The molecule has 1 heterocycles. The molecule has 0 N–H and O–H groups in total. The van der Waals surface area contributed by atoms with Gasteiger partial charge in [-0.1, -0.05) is 42.5 Å². The number of carbonyl (C=O) groups excluding carboxylic acids is 2. The molecule has 0 bridgehead atoms. The number of hydrogen-bond acceptors (Lipinski definition) is 6. The van der Waals surface area contributed by atoms with Gasteiger partial charge in [0.25, 0.3) is 16.8 Å². The van der Waals surface area contributed by atoms with E-state index in [4.69, 9.17) is 4.74 Å². The third-order valence-electron chi connectivity index (χ3n) is 4.90. The summed E-state index contributed by atoms with van der Waals surface area (Å²) in [5, 5.41) is 10.7. The Labute approximate surface area is 192 Å². The number of nitrogens with zero attached hydrogens (tertiary/aromatic N) is 2. The average molecular weight is 464 g/mol. The molecule has 7 nitrogen and oxygen atoms in total. The number of carbonyl (C=O) groups is 2. The van der Waals surface area contributed by atoms with Crippen molar-refractivity contribution in [1.82, 2.24) is 4.90 Å². The normalized spacial score (nSPS) is 14.7. The van der Waals surface area contributed by atoms with E-state index in [1.807, 2.05) is 0 Å². The Bertz CT molecular complexity index is 1280. The fourth-order valence-electron chi connectivity index (χ4n) is 3.25. The largest absolute Gasteiger partial charge is 0.489 e. The molecule has 0 spiro atoms. The summed E-state index contributed by atoms with van der Waals surface area (Å²) in [7, 11) is 0. The van der Waals surface area contributed by atoms with Gasteiger partial charge in [-0.15, -0.1) is 0 Å². The molecule has 0 saturated carbocycles. The first-order valence-corrected chi connectivity index (χ1v) is 10.7. The molecule has 1 fully saturated rings. The third-order valence-corrected chi connectivity index (χ3v) is 5.81. The Morgan fingerprint density at radius 2 is 1.73 bits per heavy atom. The van der Waals surface area contributed by atoms with Crippen molar-refractivity contribution in [2.24, 2.45) is 0 Å². The molecule has 9 heteroatoms. The number of nitro benzene ring substituents is 1. The lowest BCUT2D eigenvalue weighted by Gasteiger charge is -2.12. The molecule has 1 aliphatic rings. The first kappa shape index (κ1) is 22.2. The van der Waals surface area contributed by atoms with E-state index in [2.05, 4.69) is 0 Å². The molecule has 0 aromatic heterocycles. The lowest BCUT2D eigenvalue weighted by Crippen LogP contribution is -2.27. The molecule has 0 atom stereocenters. The zero-order valence-corrected chi connectivity index (χ0v) is 18.0. The van der Waals surface area contributed by atoms with Crippen molar-refractivity contribution in [2.45, 2.75) is 13.2 Å². The summed E-state index contributed by atoms with van der Waals surface area (Å²) in [6, 6.07) is 19.1. The zero-order valence-electron chi connectivity index (χ0n) is 17.1. The Morgan fingerprint density at radius 3 is 2.48 bits per heavy atom. The first-order valence-electron chi connectivity index (χ1n) is 9.86. The summed E-state index contributed by atoms with van der Waals surface area (Å²) in [5.74, 6) is -0.531. The third kappa shape index (κ3) is 5.09. The Balaban J connectivity index is 1.48. The summed E-state index contributed by atoms with van der Waals surface area (Å²) in [6.07, 6.45) is 1.56. The lowest BCUT2D eigenvalue weighted by atomic mass is 10.1. The van der Waals surface area contributed by atoms with E-state index in [1.54, 1.807) is 54.6 Å². The van der Waals surface area contributed by atoms with Crippen LogP contribution in [-0.2, 0) is 17.9 Å². The highest BCUT2D eigenvalue weighted by atomic mass is 32.2. The van der Waals surface area contributed by atoms with Gasteiger partial charge in [0.1, 0.15) is 18.2 Å². The minimum absolute atomic E-state index is 0.000236. The Morgan fingerprint density at radius 1 is 1.00 bits per heavy atom. The maximum Gasteiger partial charge on any atom is 0.293 e. The number of rotatable bonds is 7. The smallest absolute Gasteiger partial charge is 0.293 e. The van der Waals surface area contributed by atoms with E-state index in [0.717, 1.165) is 16.7 Å². The zero-order chi connectivity index (χ0) is 23.4. The van der Waals surface area contributed by atoms with Crippen LogP contribution in [0.3, 0.4) is 0 Å². The fraction of sp³-hybridized carbons (Fsp3) is 0.0833. The van der Waals surface area contributed by atoms with Crippen LogP contribution in [0, 0.1) is 15.9 Å². The molecule has 1 saturated heterocycles. The second-order valence-electron chi connectivity index (χ2n) is 7.11. The number of amides is 2. The molecular formula is C24H17FN2O5S. The monoisotopic (exact) mass is 464 g/mol. The number of halogens is 1. The molecule has 33 heavy (non-hydrogen) atoms. The number of imide groups is 1. The topological polar surface area (TPSA) is 89.7 Å². The molecule has 0 aliphatic carbocycles. The molecule has 2 amide bonds. The first-order chi connectivity index (χ1) is 15.9. The van der Waals surface area contributed by atoms with Crippen LogP contribution in [0.15, 0.2) is 77.7 Å². The van der Waals surface area contributed by atoms with Gasteiger partial charge in [-0.05, 0) is 47.7 Å². The number of ether oxygens (including phenoxy) is 1. The maximum atomic E-state index is 13.9. The molecule has 1 aliphatic heterocycles. The van der Waals surface area contributed by atoms with E-state index in [1.165, 1.54) is 24.3 Å². The molecule has 3 aromatic carbocycles. The lowest BCUT2D eigenvalue weighted by molar-refractivity contribution is -0.385. The van der Waals surface area contributed by atoms with Crippen molar-refractivity contribution in [3.8, 4) is 5.75 Å². The van der Waals surface area contributed by atoms with Crippen LogP contribution >= 0.6 is 11.8 Å². The summed E-state index contributed by atoms with van der Waals surface area (Å²) in [4.78, 5) is 37.0. The predicted molar refractivity (Wildman–Crippen MR) is 122 cm³/mol. The van der Waals surface area contributed by atoms with Crippen molar-refractivity contribution < 1.29 is 23.6 Å². The van der Waals surface area contributed by atoms with Crippen LogP contribution in [-0.4, -0.2) is 21.0 Å². The molecule has 3 aromatic rings. The number of hydrogen-bond donors (Lipinski definition) is 0.